The van der Waals surface area contributed by atoms with Crippen LogP contribution in [0, 0.1) is 12.7 Å². The summed E-state index contributed by atoms with van der Waals surface area (Å²) in [5.74, 6) is -2.11. The van der Waals surface area contributed by atoms with E-state index in [9.17, 15) is 14.0 Å². The molecule has 2 aromatic rings. The number of carbonyl (C=O) groups is 2. The van der Waals surface area contributed by atoms with E-state index in [1.165, 1.54) is 13.0 Å². The number of rotatable bonds is 4. The van der Waals surface area contributed by atoms with Gasteiger partial charge in [-0.1, -0.05) is 11.3 Å². The number of carboxylic acids is 1. The number of aromatic carboxylic acids is 1. The molecule has 2 N–H and O–H groups in total. The number of thiazole rings is 1. The summed E-state index contributed by atoms with van der Waals surface area (Å²) in [7, 11) is 0. The Morgan fingerprint density at radius 2 is 2.10 bits per heavy atom. The van der Waals surface area contributed by atoms with Crippen LogP contribution < -0.4 is 5.32 Å². The molecule has 0 aliphatic rings. The van der Waals surface area contributed by atoms with Crippen LogP contribution in [-0.2, 0) is 0 Å². The number of ketones is 1. The summed E-state index contributed by atoms with van der Waals surface area (Å²) < 4.78 is 13.9. The third kappa shape index (κ3) is 3.27. The molecule has 0 aliphatic carbocycles. The first kappa shape index (κ1) is 15.6. The average molecular weight is 373 g/mol. The zero-order valence-electron chi connectivity index (χ0n) is 11.0. The second-order valence-electron chi connectivity index (χ2n) is 4.26. The van der Waals surface area contributed by atoms with E-state index in [2.05, 4.69) is 26.2 Å². The molecule has 1 aromatic carbocycles. The largest absolute Gasteiger partial charge is 0.476 e. The second kappa shape index (κ2) is 5.90. The number of anilines is 2. The van der Waals surface area contributed by atoms with Crippen molar-refractivity contribution in [2.75, 3.05) is 5.32 Å². The molecular weight excluding hydrogens is 363 g/mol. The van der Waals surface area contributed by atoms with Crippen LogP contribution in [0.25, 0.3) is 0 Å². The van der Waals surface area contributed by atoms with E-state index in [4.69, 9.17) is 5.11 Å². The first-order valence-electron chi connectivity index (χ1n) is 5.77. The fourth-order valence-electron chi connectivity index (χ4n) is 1.65. The number of carboxylic acid groups (broad SMARTS) is 1. The maximum atomic E-state index is 13.6. The number of aryl methyl sites for hydroxylation is 1. The van der Waals surface area contributed by atoms with Crippen LogP contribution in [0.1, 0.15) is 32.6 Å². The van der Waals surface area contributed by atoms with Gasteiger partial charge in [0.25, 0.3) is 0 Å². The molecular formula is C13H10BrFN2O3S. The predicted octanol–water partition coefficient (Wildman–Crippen LogP) is 4.00. The number of nitrogens with one attached hydrogen (secondary N) is 1. The molecule has 0 saturated heterocycles. The van der Waals surface area contributed by atoms with Gasteiger partial charge in [-0.05, 0) is 40.5 Å². The maximum absolute atomic E-state index is 13.6. The second-order valence-corrected chi connectivity index (χ2v) is 6.12. The van der Waals surface area contributed by atoms with Crippen molar-refractivity contribution < 1.29 is 19.1 Å². The molecule has 0 bridgehead atoms. The van der Waals surface area contributed by atoms with E-state index in [1.54, 1.807) is 13.0 Å². The number of Topliss-reactive ketones (excluding diaryl/α,β-unsaturated/α-hetero) is 1. The highest BCUT2D eigenvalue weighted by atomic mass is 79.9. The minimum atomic E-state index is -1.27. The van der Waals surface area contributed by atoms with E-state index in [-0.39, 0.29) is 21.5 Å². The quantitative estimate of drug-likeness (QED) is 0.792. The van der Waals surface area contributed by atoms with Gasteiger partial charge in [-0.25, -0.2) is 14.2 Å². The van der Waals surface area contributed by atoms with Gasteiger partial charge in [0.2, 0.25) is 0 Å². The Balaban J connectivity index is 2.41. The Morgan fingerprint density at radius 1 is 1.43 bits per heavy atom. The molecule has 1 aromatic heterocycles. The third-order valence-corrected chi connectivity index (χ3v) is 4.34. The summed E-state index contributed by atoms with van der Waals surface area (Å²) in [6.45, 7) is 3.04. The van der Waals surface area contributed by atoms with E-state index in [0.717, 1.165) is 16.9 Å². The summed E-state index contributed by atoms with van der Waals surface area (Å²) in [5.41, 5.74) is 0.904. The van der Waals surface area contributed by atoms with E-state index < -0.39 is 11.8 Å². The van der Waals surface area contributed by atoms with Crippen molar-refractivity contribution in [3.8, 4) is 0 Å². The van der Waals surface area contributed by atoms with Crippen molar-refractivity contribution in [3.05, 3.63) is 38.6 Å². The Bertz CT molecular complexity index is 714. The van der Waals surface area contributed by atoms with Gasteiger partial charge in [-0.15, -0.1) is 0 Å². The number of hydrogen-bond acceptors (Lipinski definition) is 5. The summed E-state index contributed by atoms with van der Waals surface area (Å²) in [6.07, 6.45) is 0. The smallest absolute Gasteiger partial charge is 0.356 e. The molecule has 110 valence electrons. The minimum Gasteiger partial charge on any atom is -0.476 e. The molecule has 21 heavy (non-hydrogen) atoms. The number of benzene rings is 1. The zero-order valence-corrected chi connectivity index (χ0v) is 13.4. The van der Waals surface area contributed by atoms with Crippen molar-refractivity contribution in [2.24, 2.45) is 0 Å². The Labute approximate surface area is 132 Å². The first-order valence-corrected chi connectivity index (χ1v) is 7.38. The summed E-state index contributed by atoms with van der Waals surface area (Å²) in [5, 5.41) is 12.1. The lowest BCUT2D eigenvalue weighted by atomic mass is 10.2. The highest BCUT2D eigenvalue weighted by Gasteiger charge is 2.21. The number of hydrogen-bond donors (Lipinski definition) is 2. The molecule has 0 unspecified atom stereocenters. The third-order valence-electron chi connectivity index (χ3n) is 2.66. The van der Waals surface area contributed by atoms with Gasteiger partial charge in [0, 0.05) is 12.6 Å². The lowest BCUT2D eigenvalue weighted by molar-refractivity contribution is 0.0687. The molecule has 0 fully saturated rings. The number of nitrogens with zero attached hydrogens (tertiary/aromatic N) is 1. The van der Waals surface area contributed by atoms with Gasteiger partial charge in [-0.2, -0.15) is 0 Å². The Hall–Kier alpha value is -1.80. The van der Waals surface area contributed by atoms with Crippen molar-refractivity contribution >= 4 is 49.8 Å². The van der Waals surface area contributed by atoms with Crippen LogP contribution in [-0.4, -0.2) is 21.8 Å². The molecule has 0 radical (unpaired) electrons. The normalized spacial score (nSPS) is 10.5. The number of carbonyl (C=O) groups excluding carboxylic acids is 1. The monoisotopic (exact) mass is 372 g/mol. The topological polar surface area (TPSA) is 79.3 Å². The van der Waals surface area contributed by atoms with Crippen molar-refractivity contribution in [3.63, 3.8) is 0 Å². The highest BCUT2D eigenvalue weighted by Crippen LogP contribution is 2.30. The zero-order chi connectivity index (χ0) is 15.7. The first-order chi connectivity index (χ1) is 9.79. The molecule has 2 rings (SSSR count). The lowest BCUT2D eigenvalue weighted by Crippen LogP contribution is -2.03. The molecule has 0 aliphatic heterocycles. The molecule has 0 atom stereocenters. The van der Waals surface area contributed by atoms with E-state index in [0.29, 0.717) is 10.2 Å². The van der Waals surface area contributed by atoms with E-state index >= 15 is 0 Å². The summed E-state index contributed by atoms with van der Waals surface area (Å²) in [6, 6.07) is 2.87. The van der Waals surface area contributed by atoms with Crippen molar-refractivity contribution in [1.82, 2.24) is 4.98 Å². The number of aromatic nitrogens is 1. The molecule has 0 saturated carbocycles. The van der Waals surface area contributed by atoms with Gasteiger partial charge in [0.05, 0.1) is 4.47 Å². The summed E-state index contributed by atoms with van der Waals surface area (Å²) >= 11 is 4.00. The van der Waals surface area contributed by atoms with E-state index in [1.807, 2.05) is 0 Å². The minimum absolute atomic E-state index is 0.0558. The Kier molecular flexibility index (Phi) is 4.38. The Morgan fingerprint density at radius 3 is 2.62 bits per heavy atom. The molecule has 5 nitrogen and oxygen atoms in total. The van der Waals surface area contributed by atoms with Crippen LogP contribution in [0.3, 0.4) is 0 Å². The maximum Gasteiger partial charge on any atom is 0.356 e. The van der Waals surface area contributed by atoms with Crippen LogP contribution in [0.4, 0.5) is 15.2 Å². The van der Waals surface area contributed by atoms with Gasteiger partial charge in [-0.3, -0.25) is 4.79 Å². The molecule has 0 amide bonds. The lowest BCUT2D eigenvalue weighted by Gasteiger charge is -2.07. The van der Waals surface area contributed by atoms with Crippen LogP contribution in [0.2, 0.25) is 0 Å². The van der Waals surface area contributed by atoms with Crippen LogP contribution >= 0.6 is 27.3 Å². The van der Waals surface area contributed by atoms with Crippen LogP contribution in [0.5, 0.6) is 0 Å². The van der Waals surface area contributed by atoms with Gasteiger partial charge in [0.1, 0.15) is 10.7 Å². The molecule has 8 heteroatoms. The van der Waals surface area contributed by atoms with Crippen molar-refractivity contribution in [1.29, 1.82) is 0 Å². The van der Waals surface area contributed by atoms with Crippen molar-refractivity contribution in [2.45, 2.75) is 13.8 Å². The number of halogens is 2. The highest BCUT2D eigenvalue weighted by molar-refractivity contribution is 9.10. The summed E-state index contributed by atoms with van der Waals surface area (Å²) in [4.78, 5) is 26.4. The predicted molar refractivity (Wildman–Crippen MR) is 81.2 cm³/mol. The van der Waals surface area contributed by atoms with Gasteiger partial charge >= 0.3 is 5.97 Å². The fourth-order valence-corrected chi connectivity index (χ4v) is 2.98. The van der Waals surface area contributed by atoms with Gasteiger partial charge in [0.15, 0.2) is 16.6 Å². The fraction of sp³-hybridized carbons (Fsp3) is 0.154. The average Bonchev–Trinajstić information content (AvgIpc) is 2.80. The van der Waals surface area contributed by atoms with Crippen LogP contribution in [0.15, 0.2) is 16.6 Å². The molecule has 0 spiro atoms. The standard InChI is InChI=1S/C13H10BrFN2O3S/c1-5-3-7(14)8(15)4-9(5)16-13-17-10(12(19)20)11(21-13)6(2)18/h3-4H,1-2H3,(H,16,17)(H,19,20). The van der Waals surface area contributed by atoms with Gasteiger partial charge < -0.3 is 10.4 Å². The molecule has 1 heterocycles. The SMILES string of the molecule is CC(=O)c1sc(Nc2cc(F)c(Br)cc2C)nc1C(=O)O.